The summed E-state index contributed by atoms with van der Waals surface area (Å²) in [4.78, 5) is 14.1. The molecule has 4 aromatic rings. The summed E-state index contributed by atoms with van der Waals surface area (Å²) < 4.78 is 7.11. The first-order chi connectivity index (χ1) is 15.2. The molecule has 3 heterocycles. The molecule has 0 atom stereocenters. The quantitative estimate of drug-likeness (QED) is 0.423. The van der Waals surface area contributed by atoms with E-state index in [1.165, 1.54) is 5.56 Å². The number of hydrogen-bond donors (Lipinski definition) is 0. The van der Waals surface area contributed by atoms with Gasteiger partial charge in [-0.2, -0.15) is 0 Å². The fraction of sp³-hybridized carbons (Fsp3) is 0.280. The molecule has 0 amide bonds. The number of pyridine rings is 1. The molecule has 1 aliphatic heterocycles. The van der Waals surface area contributed by atoms with Gasteiger partial charge in [0.05, 0.1) is 10.2 Å². The van der Waals surface area contributed by atoms with Crippen LogP contribution in [0.15, 0.2) is 66.7 Å². The lowest BCUT2D eigenvalue weighted by Crippen LogP contribution is -2.47. The van der Waals surface area contributed by atoms with E-state index in [2.05, 4.69) is 63.1 Å². The first-order valence-corrected chi connectivity index (χ1v) is 11.6. The molecular weight excluding hydrogens is 404 g/mol. The van der Waals surface area contributed by atoms with Crippen LogP contribution in [-0.4, -0.2) is 47.6 Å². The average molecular weight is 431 g/mol. The summed E-state index contributed by atoms with van der Waals surface area (Å²) in [7, 11) is 0. The van der Waals surface area contributed by atoms with Crippen molar-refractivity contribution in [1.82, 2.24) is 14.9 Å². The largest absolute Gasteiger partial charge is 0.431 e. The minimum atomic E-state index is 0.690. The van der Waals surface area contributed by atoms with Crippen LogP contribution in [0.4, 0.5) is 5.82 Å². The molecule has 5 nitrogen and oxygen atoms in total. The number of thiazole rings is 1. The molecule has 1 saturated heterocycles. The fourth-order valence-corrected chi connectivity index (χ4v) is 4.75. The van der Waals surface area contributed by atoms with Crippen LogP contribution in [0.1, 0.15) is 11.3 Å². The lowest BCUT2D eigenvalue weighted by atomic mass is 10.1. The highest BCUT2D eigenvalue weighted by Crippen LogP contribution is 2.31. The van der Waals surface area contributed by atoms with Crippen molar-refractivity contribution in [1.29, 1.82) is 0 Å². The van der Waals surface area contributed by atoms with E-state index in [1.807, 2.05) is 30.3 Å². The molecule has 1 fully saturated rings. The van der Waals surface area contributed by atoms with Crippen molar-refractivity contribution in [2.75, 3.05) is 37.6 Å². The maximum Gasteiger partial charge on any atom is 0.279 e. The number of ether oxygens (including phenoxy) is 1. The third-order valence-corrected chi connectivity index (χ3v) is 6.60. The Kier molecular flexibility index (Phi) is 5.82. The lowest BCUT2D eigenvalue weighted by Gasteiger charge is -2.35. The van der Waals surface area contributed by atoms with E-state index in [-0.39, 0.29) is 0 Å². The molecule has 158 valence electrons. The SMILES string of the molecule is Cc1cccc(N2CCN(CCc3ccc(Oc4nc5ccccc5s4)cc3)CC2)n1. The Balaban J connectivity index is 1.11. The highest BCUT2D eigenvalue weighted by Gasteiger charge is 2.17. The molecule has 0 unspecified atom stereocenters. The molecule has 31 heavy (non-hydrogen) atoms. The molecule has 0 bridgehead atoms. The van der Waals surface area contributed by atoms with E-state index in [0.717, 1.165) is 66.6 Å². The van der Waals surface area contributed by atoms with Gasteiger partial charge >= 0.3 is 0 Å². The number of anilines is 1. The maximum atomic E-state index is 5.96. The summed E-state index contributed by atoms with van der Waals surface area (Å²) in [6.07, 6.45) is 1.05. The summed E-state index contributed by atoms with van der Waals surface area (Å²) in [6, 6.07) is 22.8. The molecule has 0 N–H and O–H groups in total. The van der Waals surface area contributed by atoms with E-state index >= 15 is 0 Å². The van der Waals surface area contributed by atoms with Crippen molar-refractivity contribution < 1.29 is 4.74 Å². The van der Waals surface area contributed by atoms with E-state index < -0.39 is 0 Å². The van der Waals surface area contributed by atoms with Crippen molar-refractivity contribution in [3.05, 3.63) is 78.0 Å². The summed E-state index contributed by atoms with van der Waals surface area (Å²) >= 11 is 1.58. The number of rotatable bonds is 6. The minimum absolute atomic E-state index is 0.690. The van der Waals surface area contributed by atoms with E-state index in [1.54, 1.807) is 11.3 Å². The Labute approximate surface area is 186 Å². The normalized spacial score (nSPS) is 14.8. The van der Waals surface area contributed by atoms with Crippen LogP contribution in [0.2, 0.25) is 0 Å². The molecule has 2 aromatic carbocycles. The molecule has 5 rings (SSSR count). The highest BCUT2D eigenvalue weighted by molar-refractivity contribution is 7.20. The third-order valence-electron chi connectivity index (χ3n) is 5.69. The van der Waals surface area contributed by atoms with Crippen LogP contribution in [0.5, 0.6) is 10.9 Å². The van der Waals surface area contributed by atoms with Gasteiger partial charge in [-0.05, 0) is 55.3 Å². The average Bonchev–Trinajstić information content (AvgIpc) is 3.21. The molecule has 0 spiro atoms. The van der Waals surface area contributed by atoms with Gasteiger partial charge in [0.1, 0.15) is 11.6 Å². The Morgan fingerprint density at radius 1 is 0.871 bits per heavy atom. The van der Waals surface area contributed by atoms with Gasteiger partial charge in [-0.3, -0.25) is 4.90 Å². The van der Waals surface area contributed by atoms with Gasteiger partial charge in [-0.1, -0.05) is 41.7 Å². The Hall–Kier alpha value is -2.96. The number of para-hydroxylation sites is 1. The monoisotopic (exact) mass is 430 g/mol. The topological polar surface area (TPSA) is 41.5 Å². The van der Waals surface area contributed by atoms with Crippen LogP contribution >= 0.6 is 11.3 Å². The van der Waals surface area contributed by atoms with Crippen LogP contribution in [0.3, 0.4) is 0 Å². The molecule has 0 saturated carbocycles. The van der Waals surface area contributed by atoms with E-state index in [0.29, 0.717) is 5.19 Å². The van der Waals surface area contributed by atoms with Gasteiger partial charge in [0.2, 0.25) is 0 Å². The van der Waals surface area contributed by atoms with Crippen LogP contribution in [0.25, 0.3) is 10.2 Å². The van der Waals surface area contributed by atoms with Gasteiger partial charge in [0.15, 0.2) is 0 Å². The number of piperazine rings is 1. The Bertz CT molecular complexity index is 1120. The van der Waals surface area contributed by atoms with Gasteiger partial charge in [-0.15, -0.1) is 0 Å². The van der Waals surface area contributed by atoms with Crippen LogP contribution in [0, 0.1) is 6.92 Å². The van der Waals surface area contributed by atoms with E-state index in [4.69, 9.17) is 4.74 Å². The zero-order chi connectivity index (χ0) is 21.0. The summed E-state index contributed by atoms with van der Waals surface area (Å²) in [5.41, 5.74) is 3.40. The highest BCUT2D eigenvalue weighted by atomic mass is 32.1. The number of aromatic nitrogens is 2. The molecule has 2 aromatic heterocycles. The van der Waals surface area contributed by atoms with Gasteiger partial charge in [-0.25, -0.2) is 9.97 Å². The van der Waals surface area contributed by atoms with Crippen molar-refractivity contribution in [2.24, 2.45) is 0 Å². The first kappa shape index (κ1) is 20.0. The molecule has 6 heteroatoms. The van der Waals surface area contributed by atoms with Crippen LogP contribution in [-0.2, 0) is 6.42 Å². The molecular formula is C25H26N4OS. The predicted octanol–water partition coefficient (Wildman–Crippen LogP) is 5.16. The second-order valence-corrected chi connectivity index (χ2v) is 8.90. The lowest BCUT2D eigenvalue weighted by molar-refractivity contribution is 0.260. The third kappa shape index (κ3) is 4.86. The minimum Gasteiger partial charge on any atom is -0.431 e. The van der Waals surface area contributed by atoms with Crippen molar-refractivity contribution in [2.45, 2.75) is 13.3 Å². The smallest absolute Gasteiger partial charge is 0.279 e. The van der Waals surface area contributed by atoms with Crippen molar-refractivity contribution in [3.63, 3.8) is 0 Å². The maximum absolute atomic E-state index is 5.96. The van der Waals surface area contributed by atoms with Gasteiger partial charge in [0.25, 0.3) is 5.19 Å². The van der Waals surface area contributed by atoms with Gasteiger partial charge < -0.3 is 9.64 Å². The fourth-order valence-electron chi connectivity index (χ4n) is 3.91. The predicted molar refractivity (Wildman–Crippen MR) is 127 cm³/mol. The standard InChI is InChI=1S/C25H26N4OS/c1-19-5-4-8-24(26-19)29-17-15-28(16-18-29)14-13-20-9-11-21(12-10-20)30-25-27-22-6-2-3-7-23(22)31-25/h2-12H,13-18H2,1H3. The van der Waals surface area contributed by atoms with Crippen molar-refractivity contribution >= 4 is 27.4 Å². The van der Waals surface area contributed by atoms with E-state index in [9.17, 15) is 0 Å². The number of fused-ring (bicyclic) bond motifs is 1. The molecule has 0 radical (unpaired) electrons. The second kappa shape index (κ2) is 9.04. The van der Waals surface area contributed by atoms with Crippen LogP contribution < -0.4 is 9.64 Å². The summed E-state index contributed by atoms with van der Waals surface area (Å²) in [5.74, 6) is 1.94. The first-order valence-electron chi connectivity index (χ1n) is 10.8. The van der Waals surface area contributed by atoms with Gasteiger partial charge in [0, 0.05) is 38.4 Å². The summed E-state index contributed by atoms with van der Waals surface area (Å²) in [6.45, 7) is 7.35. The molecule has 0 aliphatic carbocycles. The zero-order valence-corrected chi connectivity index (χ0v) is 18.5. The van der Waals surface area contributed by atoms with Crippen molar-refractivity contribution in [3.8, 4) is 10.9 Å². The number of nitrogens with zero attached hydrogens (tertiary/aromatic N) is 4. The number of hydrogen-bond acceptors (Lipinski definition) is 6. The Morgan fingerprint density at radius 3 is 2.45 bits per heavy atom. The zero-order valence-electron chi connectivity index (χ0n) is 17.7. The number of benzene rings is 2. The number of aryl methyl sites for hydroxylation is 1. The summed E-state index contributed by atoms with van der Waals surface area (Å²) in [5, 5.41) is 0.690. The molecule has 1 aliphatic rings. The second-order valence-electron chi connectivity index (χ2n) is 7.91. The Morgan fingerprint density at radius 2 is 1.68 bits per heavy atom.